The van der Waals surface area contributed by atoms with Gasteiger partial charge in [0.2, 0.25) is 0 Å². The summed E-state index contributed by atoms with van der Waals surface area (Å²) in [5.41, 5.74) is 1.62. The number of methoxy groups -OCH3 is 1. The second-order valence-corrected chi connectivity index (χ2v) is 9.42. The van der Waals surface area contributed by atoms with Gasteiger partial charge in [-0.3, -0.25) is 0 Å². The monoisotopic (exact) mass is 513 g/mol. The second kappa shape index (κ2) is 14.1. The highest BCUT2D eigenvalue weighted by atomic mass is 32.2. The molecule has 0 fully saturated rings. The van der Waals surface area contributed by atoms with Crippen LogP contribution in [0.3, 0.4) is 0 Å². The Hall–Kier alpha value is -3.35. The fourth-order valence-electron chi connectivity index (χ4n) is 2.78. The van der Waals surface area contributed by atoms with Crippen molar-refractivity contribution in [2.24, 2.45) is 0 Å². The van der Waals surface area contributed by atoms with E-state index in [-0.39, 0.29) is 11.5 Å². The standard InChI is InChI=1S/C21H29NO6S.C2H2O4/c1-15-7-5-6-8-18(15)28-14-17(23)13-22-9-10-27-20-11-16(2)21(29(4,24)25)12-19(20)26-3;3-1(4)2(5)6/h5-8,11-12,17,22-23H,9-10,13-14H2,1-4H3;(H,3,4)(H,5,6). The van der Waals surface area contributed by atoms with Gasteiger partial charge in [-0.2, -0.15) is 0 Å². The van der Waals surface area contributed by atoms with Crippen molar-refractivity contribution in [3.05, 3.63) is 47.5 Å². The Morgan fingerprint density at radius 1 is 0.971 bits per heavy atom. The van der Waals surface area contributed by atoms with E-state index in [4.69, 9.17) is 34.0 Å². The first-order valence-corrected chi connectivity index (χ1v) is 12.3. The molecule has 11 nitrogen and oxygen atoms in total. The number of hydrogen-bond donors (Lipinski definition) is 4. The van der Waals surface area contributed by atoms with Crippen LogP contribution in [-0.2, 0) is 19.4 Å². The highest BCUT2D eigenvalue weighted by Crippen LogP contribution is 2.32. The molecule has 2 aromatic carbocycles. The van der Waals surface area contributed by atoms with Crippen molar-refractivity contribution in [3.63, 3.8) is 0 Å². The van der Waals surface area contributed by atoms with Crippen molar-refractivity contribution in [1.82, 2.24) is 5.32 Å². The van der Waals surface area contributed by atoms with Gasteiger partial charge >= 0.3 is 11.9 Å². The van der Waals surface area contributed by atoms with Gasteiger partial charge < -0.3 is 34.8 Å². The molecule has 1 unspecified atom stereocenters. The Balaban J connectivity index is 0.000000905. The molecule has 0 saturated carbocycles. The summed E-state index contributed by atoms with van der Waals surface area (Å²) in [6, 6.07) is 10.8. The van der Waals surface area contributed by atoms with Gasteiger partial charge in [0.15, 0.2) is 21.3 Å². The summed E-state index contributed by atoms with van der Waals surface area (Å²) in [6.45, 7) is 5.05. The van der Waals surface area contributed by atoms with Crippen LogP contribution < -0.4 is 19.5 Å². The third-order valence-electron chi connectivity index (χ3n) is 4.48. The van der Waals surface area contributed by atoms with E-state index in [0.717, 1.165) is 17.6 Å². The van der Waals surface area contributed by atoms with E-state index in [0.29, 0.717) is 36.8 Å². The number of aliphatic hydroxyl groups excluding tert-OH is 1. The minimum absolute atomic E-state index is 0.193. The molecule has 0 heterocycles. The number of aliphatic hydroxyl groups is 1. The van der Waals surface area contributed by atoms with Crippen LogP contribution in [0.4, 0.5) is 0 Å². The number of nitrogens with one attached hydrogen (secondary N) is 1. The SMILES string of the molecule is COc1cc(S(C)(=O)=O)c(C)cc1OCCNCC(O)COc1ccccc1C.O=C(O)C(=O)O. The van der Waals surface area contributed by atoms with Gasteiger partial charge in [0, 0.05) is 25.4 Å². The summed E-state index contributed by atoms with van der Waals surface area (Å²) in [4.78, 5) is 18.4. The van der Waals surface area contributed by atoms with Crippen molar-refractivity contribution in [3.8, 4) is 17.2 Å². The van der Waals surface area contributed by atoms with Crippen molar-refractivity contribution in [2.45, 2.75) is 24.8 Å². The summed E-state index contributed by atoms with van der Waals surface area (Å²) >= 11 is 0. The van der Waals surface area contributed by atoms with Crippen LogP contribution in [0.1, 0.15) is 11.1 Å². The van der Waals surface area contributed by atoms with E-state index >= 15 is 0 Å². The number of carboxylic acid groups (broad SMARTS) is 2. The lowest BCUT2D eigenvalue weighted by Crippen LogP contribution is -2.33. The maximum Gasteiger partial charge on any atom is 0.414 e. The van der Waals surface area contributed by atoms with E-state index in [9.17, 15) is 13.5 Å². The van der Waals surface area contributed by atoms with Crippen molar-refractivity contribution in [2.75, 3.05) is 39.7 Å². The molecular formula is C23H31NO10S. The molecule has 4 N–H and O–H groups in total. The fraction of sp³-hybridized carbons (Fsp3) is 0.391. The number of benzene rings is 2. The van der Waals surface area contributed by atoms with E-state index in [2.05, 4.69) is 5.32 Å². The number of carbonyl (C=O) groups is 2. The predicted molar refractivity (Wildman–Crippen MR) is 127 cm³/mol. The minimum Gasteiger partial charge on any atom is -0.493 e. The molecule has 0 amide bonds. The molecule has 2 aromatic rings. The Morgan fingerprint density at radius 3 is 2.14 bits per heavy atom. The molecule has 0 aliphatic carbocycles. The van der Waals surface area contributed by atoms with Gasteiger partial charge in [-0.1, -0.05) is 18.2 Å². The van der Waals surface area contributed by atoms with E-state index < -0.39 is 27.9 Å². The molecule has 0 aliphatic heterocycles. The lowest BCUT2D eigenvalue weighted by molar-refractivity contribution is -0.159. The number of aliphatic carboxylic acids is 2. The van der Waals surface area contributed by atoms with Gasteiger partial charge in [-0.15, -0.1) is 0 Å². The average molecular weight is 514 g/mol. The molecule has 0 aromatic heterocycles. The zero-order valence-corrected chi connectivity index (χ0v) is 20.8. The zero-order chi connectivity index (χ0) is 26.6. The van der Waals surface area contributed by atoms with Crippen molar-refractivity contribution < 1.29 is 47.5 Å². The van der Waals surface area contributed by atoms with Crippen LogP contribution in [0, 0.1) is 13.8 Å². The van der Waals surface area contributed by atoms with Crippen LogP contribution >= 0.6 is 0 Å². The third-order valence-corrected chi connectivity index (χ3v) is 5.72. The summed E-state index contributed by atoms with van der Waals surface area (Å²) in [6.07, 6.45) is 0.508. The van der Waals surface area contributed by atoms with Crippen LogP contribution in [0.15, 0.2) is 41.3 Å². The Bertz CT molecular complexity index is 1090. The van der Waals surface area contributed by atoms with Crippen molar-refractivity contribution >= 4 is 21.8 Å². The van der Waals surface area contributed by atoms with Gasteiger partial charge in [0.05, 0.1) is 12.0 Å². The first-order chi connectivity index (χ1) is 16.4. The normalized spacial score (nSPS) is 11.6. The number of ether oxygens (including phenoxy) is 3. The first-order valence-electron chi connectivity index (χ1n) is 10.4. The third kappa shape index (κ3) is 10.6. The number of rotatable bonds is 11. The van der Waals surface area contributed by atoms with E-state index in [1.807, 2.05) is 31.2 Å². The molecule has 12 heteroatoms. The number of sulfone groups is 1. The summed E-state index contributed by atoms with van der Waals surface area (Å²) < 4.78 is 40.2. The van der Waals surface area contributed by atoms with Gasteiger partial charge in [-0.05, 0) is 37.1 Å². The topological polar surface area (TPSA) is 169 Å². The lowest BCUT2D eigenvalue weighted by Gasteiger charge is -2.16. The largest absolute Gasteiger partial charge is 0.493 e. The molecular weight excluding hydrogens is 482 g/mol. The molecule has 2 rings (SSSR count). The van der Waals surface area contributed by atoms with Gasteiger partial charge in [0.25, 0.3) is 0 Å². The summed E-state index contributed by atoms with van der Waals surface area (Å²) in [5, 5.41) is 27.9. The summed E-state index contributed by atoms with van der Waals surface area (Å²) in [7, 11) is -1.87. The van der Waals surface area contributed by atoms with Crippen molar-refractivity contribution in [1.29, 1.82) is 0 Å². The van der Waals surface area contributed by atoms with Gasteiger partial charge in [-0.25, -0.2) is 18.0 Å². The lowest BCUT2D eigenvalue weighted by atomic mass is 10.2. The van der Waals surface area contributed by atoms with Crippen LogP contribution in [0.5, 0.6) is 17.2 Å². The molecule has 0 aliphatic rings. The van der Waals surface area contributed by atoms with E-state index in [1.54, 1.807) is 13.0 Å². The Morgan fingerprint density at radius 2 is 1.60 bits per heavy atom. The molecule has 0 saturated heterocycles. The maximum atomic E-state index is 11.8. The quantitative estimate of drug-likeness (QED) is 0.252. The van der Waals surface area contributed by atoms with Gasteiger partial charge in [0.1, 0.15) is 25.1 Å². The van der Waals surface area contributed by atoms with Crippen LogP contribution in [-0.4, -0.2) is 81.4 Å². The molecule has 0 spiro atoms. The molecule has 35 heavy (non-hydrogen) atoms. The number of hydrogen-bond acceptors (Lipinski definition) is 9. The second-order valence-electron chi connectivity index (χ2n) is 7.43. The molecule has 0 radical (unpaired) electrons. The molecule has 0 bridgehead atoms. The summed E-state index contributed by atoms with van der Waals surface area (Å²) in [5.74, 6) is -2.05. The van der Waals surface area contributed by atoms with Crippen LogP contribution in [0.2, 0.25) is 0 Å². The smallest absolute Gasteiger partial charge is 0.414 e. The Kier molecular flexibility index (Phi) is 12.0. The highest BCUT2D eigenvalue weighted by molar-refractivity contribution is 7.90. The number of para-hydroxylation sites is 1. The fourth-order valence-corrected chi connectivity index (χ4v) is 3.74. The highest BCUT2D eigenvalue weighted by Gasteiger charge is 2.16. The minimum atomic E-state index is -3.34. The zero-order valence-electron chi connectivity index (χ0n) is 20.0. The molecule has 194 valence electrons. The number of aryl methyl sites for hydroxylation is 2. The van der Waals surface area contributed by atoms with E-state index in [1.165, 1.54) is 13.2 Å². The predicted octanol–water partition coefficient (Wildman–Crippen LogP) is 1.28. The maximum absolute atomic E-state index is 11.8. The van der Waals surface area contributed by atoms with Crippen LogP contribution in [0.25, 0.3) is 0 Å². The first kappa shape index (κ1) is 29.7. The molecule has 1 atom stereocenters. The number of carboxylic acids is 2. The Labute approximate surface area is 204 Å². The average Bonchev–Trinajstić information content (AvgIpc) is 2.78.